The van der Waals surface area contributed by atoms with Crippen molar-refractivity contribution < 1.29 is 0 Å². The van der Waals surface area contributed by atoms with Crippen LogP contribution in [0.3, 0.4) is 0 Å². The van der Waals surface area contributed by atoms with Gasteiger partial charge in [-0.1, -0.05) is 32.1 Å². The van der Waals surface area contributed by atoms with Crippen molar-refractivity contribution in [3.05, 3.63) is 71.5 Å². The maximum absolute atomic E-state index is 4.44. The second-order valence-electron chi connectivity index (χ2n) is 8.32. The standard InChI is InChI=1S/C24H32N6/c1-17(2)4-6-20-18(3)28-16-23(24(20)30-12-10-25-11-13-30)29-15-19-5-7-21-22(14-19)27-9-8-26-21/h4-9,14,16-18,25,28-29H,10-13,15H2,1-3H3/b6-4-. The topological polar surface area (TPSA) is 65.1 Å². The lowest BCUT2D eigenvalue weighted by Crippen LogP contribution is -2.46. The number of fused-ring (bicyclic) bond motifs is 1. The van der Waals surface area contributed by atoms with Crippen molar-refractivity contribution in [2.75, 3.05) is 26.2 Å². The summed E-state index contributed by atoms with van der Waals surface area (Å²) in [5.41, 5.74) is 6.87. The Bertz CT molecular complexity index is 969. The van der Waals surface area contributed by atoms with Gasteiger partial charge in [-0.2, -0.15) is 0 Å². The Morgan fingerprint density at radius 2 is 1.93 bits per heavy atom. The third-order valence-electron chi connectivity index (χ3n) is 5.58. The van der Waals surface area contributed by atoms with Crippen LogP contribution >= 0.6 is 0 Å². The van der Waals surface area contributed by atoms with E-state index >= 15 is 0 Å². The Kier molecular flexibility index (Phi) is 6.33. The molecule has 1 saturated heterocycles. The van der Waals surface area contributed by atoms with E-state index in [2.05, 4.69) is 82.1 Å². The van der Waals surface area contributed by atoms with Gasteiger partial charge in [-0.3, -0.25) is 9.97 Å². The Morgan fingerprint density at radius 1 is 1.17 bits per heavy atom. The van der Waals surface area contributed by atoms with Crippen LogP contribution in [0.5, 0.6) is 0 Å². The van der Waals surface area contributed by atoms with E-state index < -0.39 is 0 Å². The molecule has 30 heavy (non-hydrogen) atoms. The fraction of sp³-hybridized carbons (Fsp3) is 0.417. The van der Waals surface area contributed by atoms with E-state index in [9.17, 15) is 0 Å². The van der Waals surface area contributed by atoms with Gasteiger partial charge in [0.2, 0.25) is 0 Å². The summed E-state index contributed by atoms with van der Waals surface area (Å²) >= 11 is 0. The zero-order valence-electron chi connectivity index (χ0n) is 18.2. The molecule has 0 spiro atoms. The van der Waals surface area contributed by atoms with E-state index in [-0.39, 0.29) is 6.04 Å². The number of benzene rings is 1. The number of rotatable bonds is 6. The van der Waals surface area contributed by atoms with Gasteiger partial charge in [0.05, 0.1) is 28.5 Å². The largest absolute Gasteiger partial charge is 0.383 e. The van der Waals surface area contributed by atoms with Gasteiger partial charge in [-0.05, 0) is 36.1 Å². The highest BCUT2D eigenvalue weighted by Crippen LogP contribution is 2.26. The number of hydrogen-bond donors (Lipinski definition) is 3. The molecule has 4 rings (SSSR count). The van der Waals surface area contributed by atoms with Crippen LogP contribution in [0, 0.1) is 5.92 Å². The monoisotopic (exact) mass is 404 g/mol. The smallest absolute Gasteiger partial charge is 0.0890 e. The van der Waals surface area contributed by atoms with E-state index in [1.807, 2.05) is 6.07 Å². The number of nitrogens with zero attached hydrogens (tertiary/aromatic N) is 3. The molecule has 1 aromatic heterocycles. The molecule has 0 aliphatic carbocycles. The second-order valence-corrected chi connectivity index (χ2v) is 8.32. The van der Waals surface area contributed by atoms with Crippen LogP contribution < -0.4 is 16.0 Å². The van der Waals surface area contributed by atoms with Gasteiger partial charge < -0.3 is 20.9 Å². The van der Waals surface area contributed by atoms with Crippen LogP contribution in [0.2, 0.25) is 0 Å². The van der Waals surface area contributed by atoms with Crippen molar-refractivity contribution in [1.29, 1.82) is 0 Å². The number of hydrogen-bond acceptors (Lipinski definition) is 6. The van der Waals surface area contributed by atoms with E-state index in [0.29, 0.717) is 5.92 Å². The first-order chi connectivity index (χ1) is 14.6. The normalized spacial score (nSPS) is 20.1. The summed E-state index contributed by atoms with van der Waals surface area (Å²) in [6.07, 6.45) is 10.2. The molecule has 3 heterocycles. The lowest BCUT2D eigenvalue weighted by atomic mass is 9.98. The summed E-state index contributed by atoms with van der Waals surface area (Å²) in [5.74, 6) is 0.523. The SMILES string of the molecule is CC(C)/C=C\C1=C(N2CCNCC2)C(NCc2ccc3nccnc3c2)=CNC1C. The van der Waals surface area contributed by atoms with Gasteiger partial charge in [0, 0.05) is 51.3 Å². The zero-order valence-corrected chi connectivity index (χ0v) is 18.2. The average Bonchev–Trinajstić information content (AvgIpc) is 2.77. The maximum Gasteiger partial charge on any atom is 0.0890 e. The molecular weight excluding hydrogens is 372 g/mol. The molecule has 6 nitrogen and oxygen atoms in total. The number of dihydropyridines is 1. The summed E-state index contributed by atoms with van der Waals surface area (Å²) in [6.45, 7) is 11.5. The molecular formula is C24H32N6. The lowest BCUT2D eigenvalue weighted by Gasteiger charge is -2.38. The lowest BCUT2D eigenvalue weighted by molar-refractivity contribution is 0.295. The molecule has 2 aliphatic heterocycles. The first-order valence-electron chi connectivity index (χ1n) is 10.9. The first kappa shape index (κ1) is 20.4. The van der Waals surface area contributed by atoms with Crippen LogP contribution in [-0.4, -0.2) is 47.1 Å². The van der Waals surface area contributed by atoms with Crippen molar-refractivity contribution in [2.45, 2.75) is 33.4 Å². The maximum atomic E-state index is 4.44. The van der Waals surface area contributed by atoms with Crippen LogP contribution in [0.25, 0.3) is 11.0 Å². The Balaban J connectivity index is 1.60. The van der Waals surface area contributed by atoms with Crippen LogP contribution in [0.15, 0.2) is 65.9 Å². The summed E-state index contributed by atoms with van der Waals surface area (Å²) in [7, 11) is 0. The summed E-state index contributed by atoms with van der Waals surface area (Å²) in [6, 6.07) is 6.56. The second kappa shape index (κ2) is 9.30. The molecule has 0 radical (unpaired) electrons. The zero-order chi connectivity index (χ0) is 20.9. The molecule has 1 unspecified atom stereocenters. The van der Waals surface area contributed by atoms with Crippen LogP contribution in [0.4, 0.5) is 0 Å². The van der Waals surface area contributed by atoms with Crippen LogP contribution in [0.1, 0.15) is 26.3 Å². The van der Waals surface area contributed by atoms with Crippen molar-refractivity contribution in [1.82, 2.24) is 30.8 Å². The predicted molar refractivity (Wildman–Crippen MR) is 123 cm³/mol. The van der Waals surface area contributed by atoms with Crippen molar-refractivity contribution in [3.63, 3.8) is 0 Å². The third-order valence-corrected chi connectivity index (χ3v) is 5.58. The van der Waals surface area contributed by atoms with Gasteiger partial charge in [0.25, 0.3) is 0 Å². The molecule has 3 N–H and O–H groups in total. The number of piperazine rings is 1. The van der Waals surface area contributed by atoms with Crippen LogP contribution in [-0.2, 0) is 6.54 Å². The highest BCUT2D eigenvalue weighted by Gasteiger charge is 2.25. The van der Waals surface area contributed by atoms with Crippen molar-refractivity contribution >= 4 is 11.0 Å². The summed E-state index contributed by atoms with van der Waals surface area (Å²) < 4.78 is 0. The van der Waals surface area contributed by atoms with E-state index in [4.69, 9.17) is 0 Å². The quantitative estimate of drug-likeness (QED) is 0.688. The molecule has 1 aromatic carbocycles. The molecule has 2 aromatic rings. The fourth-order valence-electron chi connectivity index (χ4n) is 3.94. The number of aromatic nitrogens is 2. The summed E-state index contributed by atoms with van der Waals surface area (Å²) in [4.78, 5) is 11.3. The Labute approximate surface area is 179 Å². The Morgan fingerprint density at radius 3 is 2.70 bits per heavy atom. The van der Waals surface area contributed by atoms with E-state index in [0.717, 1.165) is 49.5 Å². The minimum atomic E-state index is 0.284. The van der Waals surface area contributed by atoms with Gasteiger partial charge >= 0.3 is 0 Å². The molecule has 1 atom stereocenters. The Hall–Kier alpha value is -2.86. The van der Waals surface area contributed by atoms with Crippen molar-refractivity contribution in [3.8, 4) is 0 Å². The van der Waals surface area contributed by atoms with Gasteiger partial charge in [-0.15, -0.1) is 0 Å². The molecule has 6 heteroatoms. The van der Waals surface area contributed by atoms with E-state index in [1.54, 1.807) is 12.4 Å². The minimum absolute atomic E-state index is 0.284. The molecule has 2 aliphatic rings. The number of nitrogens with one attached hydrogen (secondary N) is 3. The van der Waals surface area contributed by atoms with Gasteiger partial charge in [-0.25, -0.2) is 0 Å². The highest BCUT2D eigenvalue weighted by atomic mass is 15.2. The minimum Gasteiger partial charge on any atom is -0.383 e. The summed E-state index contributed by atoms with van der Waals surface area (Å²) in [5, 5.41) is 10.7. The molecule has 0 amide bonds. The molecule has 0 bridgehead atoms. The number of allylic oxidation sites excluding steroid dienone is 1. The van der Waals surface area contributed by atoms with Crippen molar-refractivity contribution in [2.24, 2.45) is 5.92 Å². The predicted octanol–water partition coefficient (Wildman–Crippen LogP) is 2.92. The molecule has 158 valence electrons. The molecule has 0 saturated carbocycles. The fourth-order valence-corrected chi connectivity index (χ4v) is 3.94. The van der Waals surface area contributed by atoms with Gasteiger partial charge in [0.1, 0.15) is 0 Å². The third kappa shape index (κ3) is 4.65. The molecule has 1 fully saturated rings. The first-order valence-corrected chi connectivity index (χ1v) is 10.9. The van der Waals surface area contributed by atoms with E-state index in [1.165, 1.54) is 16.8 Å². The highest BCUT2D eigenvalue weighted by molar-refractivity contribution is 5.74. The van der Waals surface area contributed by atoms with Gasteiger partial charge in [0.15, 0.2) is 0 Å². The average molecular weight is 405 g/mol.